The Morgan fingerprint density at radius 3 is 2.73 bits per heavy atom. The lowest BCUT2D eigenvalue weighted by atomic mass is 10.1. The van der Waals surface area contributed by atoms with Gasteiger partial charge in [-0.05, 0) is 25.1 Å². The van der Waals surface area contributed by atoms with E-state index in [-0.39, 0.29) is 11.7 Å². The van der Waals surface area contributed by atoms with Gasteiger partial charge >= 0.3 is 0 Å². The number of hydrogen-bond donors (Lipinski definition) is 1. The topological polar surface area (TPSA) is 72.7 Å². The molecule has 0 aliphatic heterocycles. The lowest BCUT2D eigenvalue weighted by molar-refractivity contribution is -0.113. The van der Waals surface area contributed by atoms with Crippen molar-refractivity contribution in [2.45, 2.75) is 18.6 Å². The molecule has 33 heavy (non-hydrogen) atoms. The van der Waals surface area contributed by atoms with Gasteiger partial charge in [-0.1, -0.05) is 70.9 Å². The maximum atomic E-state index is 12.5. The SMILES string of the molecule is C=CCn1c(SCC(=O)Nc2nc(-c3ccc(Cl)cc3Cl)cs2)nnc1-c1ccc(C)cc1. The molecule has 0 radical (unpaired) electrons. The van der Waals surface area contributed by atoms with E-state index in [2.05, 4.69) is 27.1 Å². The van der Waals surface area contributed by atoms with Crippen LogP contribution in [0.25, 0.3) is 22.6 Å². The normalized spacial score (nSPS) is 10.9. The molecule has 0 aliphatic rings. The van der Waals surface area contributed by atoms with Crippen LogP contribution in [0.1, 0.15) is 5.56 Å². The summed E-state index contributed by atoms with van der Waals surface area (Å²) in [6, 6.07) is 13.3. The largest absolute Gasteiger partial charge is 0.301 e. The number of thioether (sulfide) groups is 1. The number of anilines is 1. The lowest BCUT2D eigenvalue weighted by Crippen LogP contribution is -2.14. The fraction of sp³-hybridized carbons (Fsp3) is 0.130. The first-order chi connectivity index (χ1) is 15.9. The molecular formula is C23H19Cl2N5OS2. The summed E-state index contributed by atoms with van der Waals surface area (Å²) >= 11 is 14.9. The van der Waals surface area contributed by atoms with Gasteiger partial charge in [-0.15, -0.1) is 28.1 Å². The number of amides is 1. The fourth-order valence-corrected chi connectivity index (χ4v) is 5.02. The lowest BCUT2D eigenvalue weighted by Gasteiger charge is -2.08. The third-order valence-corrected chi connectivity index (χ3v) is 6.90. The van der Waals surface area contributed by atoms with Crippen molar-refractivity contribution in [1.29, 1.82) is 0 Å². The summed E-state index contributed by atoms with van der Waals surface area (Å²) in [5.74, 6) is 0.718. The van der Waals surface area contributed by atoms with Crippen molar-refractivity contribution in [2.24, 2.45) is 0 Å². The number of allylic oxidation sites excluding steroid dienone is 1. The zero-order valence-corrected chi connectivity index (χ0v) is 20.7. The van der Waals surface area contributed by atoms with Crippen LogP contribution in [0.5, 0.6) is 0 Å². The van der Waals surface area contributed by atoms with Crippen LogP contribution in [0, 0.1) is 6.92 Å². The monoisotopic (exact) mass is 515 g/mol. The Bertz CT molecular complexity index is 1300. The van der Waals surface area contributed by atoms with Crippen molar-refractivity contribution in [3.8, 4) is 22.6 Å². The van der Waals surface area contributed by atoms with E-state index in [4.69, 9.17) is 23.2 Å². The minimum atomic E-state index is -0.187. The number of hydrogen-bond acceptors (Lipinski definition) is 6. The number of thiazole rings is 1. The molecule has 0 aliphatic carbocycles. The highest BCUT2D eigenvalue weighted by Gasteiger charge is 2.16. The van der Waals surface area contributed by atoms with E-state index in [1.54, 1.807) is 24.3 Å². The molecule has 4 aromatic rings. The Hall–Kier alpha value is -2.65. The van der Waals surface area contributed by atoms with E-state index in [1.165, 1.54) is 28.7 Å². The van der Waals surface area contributed by atoms with Gasteiger partial charge in [0.1, 0.15) is 0 Å². The zero-order chi connectivity index (χ0) is 23.4. The summed E-state index contributed by atoms with van der Waals surface area (Å²) < 4.78 is 1.94. The first kappa shape index (κ1) is 23.5. The van der Waals surface area contributed by atoms with E-state index in [0.29, 0.717) is 32.6 Å². The van der Waals surface area contributed by atoms with Crippen molar-refractivity contribution >= 4 is 57.3 Å². The molecule has 0 bridgehead atoms. The highest BCUT2D eigenvalue weighted by Crippen LogP contribution is 2.32. The zero-order valence-electron chi connectivity index (χ0n) is 17.6. The number of nitrogens with one attached hydrogen (secondary N) is 1. The quantitative estimate of drug-likeness (QED) is 0.211. The predicted octanol–water partition coefficient (Wildman–Crippen LogP) is 6.60. The van der Waals surface area contributed by atoms with E-state index in [0.717, 1.165) is 17.0 Å². The van der Waals surface area contributed by atoms with E-state index < -0.39 is 0 Å². The van der Waals surface area contributed by atoms with Crippen LogP contribution in [0.15, 0.2) is 65.7 Å². The van der Waals surface area contributed by atoms with Crippen molar-refractivity contribution in [3.05, 3.63) is 76.1 Å². The second kappa shape index (κ2) is 10.5. The smallest absolute Gasteiger partial charge is 0.236 e. The molecule has 0 saturated heterocycles. The van der Waals surface area contributed by atoms with Crippen molar-refractivity contribution in [2.75, 3.05) is 11.1 Å². The number of carbonyl (C=O) groups excluding carboxylic acids is 1. The molecular weight excluding hydrogens is 497 g/mol. The summed E-state index contributed by atoms with van der Waals surface area (Å²) in [7, 11) is 0. The number of aromatic nitrogens is 4. The Morgan fingerprint density at radius 2 is 2.00 bits per heavy atom. The van der Waals surface area contributed by atoms with Crippen LogP contribution in [0.2, 0.25) is 10.0 Å². The molecule has 4 rings (SSSR count). The number of aryl methyl sites for hydroxylation is 1. The molecule has 0 saturated carbocycles. The van der Waals surface area contributed by atoms with Crippen molar-refractivity contribution < 1.29 is 4.79 Å². The number of nitrogens with zero attached hydrogens (tertiary/aromatic N) is 4. The summed E-state index contributed by atoms with van der Waals surface area (Å²) in [5.41, 5.74) is 3.57. The first-order valence-corrected chi connectivity index (χ1v) is 12.5. The van der Waals surface area contributed by atoms with Gasteiger partial charge in [0.15, 0.2) is 16.1 Å². The van der Waals surface area contributed by atoms with E-state index >= 15 is 0 Å². The van der Waals surface area contributed by atoms with Gasteiger partial charge in [-0.2, -0.15) is 0 Å². The minimum absolute atomic E-state index is 0.166. The van der Waals surface area contributed by atoms with Gasteiger partial charge in [0, 0.05) is 28.1 Å². The number of carbonyl (C=O) groups is 1. The third kappa shape index (κ3) is 5.65. The van der Waals surface area contributed by atoms with Gasteiger partial charge < -0.3 is 5.32 Å². The van der Waals surface area contributed by atoms with Gasteiger partial charge in [-0.3, -0.25) is 9.36 Å². The van der Waals surface area contributed by atoms with Gasteiger partial charge in [0.05, 0.1) is 16.5 Å². The average molecular weight is 516 g/mol. The average Bonchev–Trinajstić information content (AvgIpc) is 3.40. The van der Waals surface area contributed by atoms with E-state index in [1.807, 2.05) is 41.1 Å². The van der Waals surface area contributed by atoms with Crippen LogP contribution in [-0.4, -0.2) is 31.4 Å². The van der Waals surface area contributed by atoms with Crippen molar-refractivity contribution in [1.82, 2.24) is 19.7 Å². The van der Waals surface area contributed by atoms with Gasteiger partial charge in [-0.25, -0.2) is 4.98 Å². The molecule has 0 fully saturated rings. The highest BCUT2D eigenvalue weighted by molar-refractivity contribution is 7.99. The molecule has 1 N–H and O–H groups in total. The molecule has 2 aromatic heterocycles. The summed E-state index contributed by atoms with van der Waals surface area (Å²) in [6.45, 7) is 6.40. The molecule has 0 unspecified atom stereocenters. The molecule has 1 amide bonds. The molecule has 0 atom stereocenters. The van der Waals surface area contributed by atoms with Crippen LogP contribution >= 0.6 is 46.3 Å². The second-order valence-electron chi connectivity index (χ2n) is 7.07. The Labute approximate surface area is 209 Å². The third-order valence-electron chi connectivity index (χ3n) is 4.63. The predicted molar refractivity (Wildman–Crippen MR) is 137 cm³/mol. The number of halogens is 2. The number of benzene rings is 2. The van der Waals surface area contributed by atoms with Gasteiger partial charge in [0.2, 0.25) is 5.91 Å². The maximum absolute atomic E-state index is 12.5. The van der Waals surface area contributed by atoms with Crippen molar-refractivity contribution in [3.63, 3.8) is 0 Å². The van der Waals surface area contributed by atoms with Crippen LogP contribution in [-0.2, 0) is 11.3 Å². The Kier molecular flexibility index (Phi) is 7.49. The Morgan fingerprint density at radius 1 is 1.21 bits per heavy atom. The molecule has 6 nitrogen and oxygen atoms in total. The summed E-state index contributed by atoms with van der Waals surface area (Å²) in [6.07, 6.45) is 1.78. The van der Waals surface area contributed by atoms with E-state index in [9.17, 15) is 4.79 Å². The fourth-order valence-electron chi connectivity index (χ4n) is 3.04. The van der Waals surface area contributed by atoms with Crippen LogP contribution in [0.3, 0.4) is 0 Å². The number of rotatable bonds is 8. The molecule has 2 aromatic carbocycles. The van der Waals surface area contributed by atoms with Crippen LogP contribution < -0.4 is 5.32 Å². The Balaban J connectivity index is 1.42. The molecule has 10 heteroatoms. The van der Waals surface area contributed by atoms with Crippen LogP contribution in [0.4, 0.5) is 5.13 Å². The first-order valence-electron chi connectivity index (χ1n) is 9.89. The molecule has 168 valence electrons. The summed E-state index contributed by atoms with van der Waals surface area (Å²) in [4.78, 5) is 17.0. The van der Waals surface area contributed by atoms with Gasteiger partial charge in [0.25, 0.3) is 0 Å². The standard InChI is InChI=1S/C23H19Cl2N5OS2/c1-3-10-30-21(15-6-4-14(2)5-7-15)28-29-23(30)33-13-20(31)27-22-26-19(12-32-22)17-9-8-16(24)11-18(17)25/h3-9,11-12H,1,10,13H2,2H3,(H,26,27,31). The summed E-state index contributed by atoms with van der Waals surface area (Å²) in [5, 5.41) is 15.5. The highest BCUT2D eigenvalue weighted by atomic mass is 35.5. The molecule has 2 heterocycles. The molecule has 0 spiro atoms. The minimum Gasteiger partial charge on any atom is -0.301 e. The second-order valence-corrected chi connectivity index (χ2v) is 9.71. The maximum Gasteiger partial charge on any atom is 0.236 e.